The maximum atomic E-state index is 13.4. The summed E-state index contributed by atoms with van der Waals surface area (Å²) < 4.78 is 31.3. The number of benzene rings is 1. The zero-order valence-electron chi connectivity index (χ0n) is 10.4. The molecule has 0 aliphatic carbocycles. The van der Waals surface area contributed by atoms with Crippen molar-refractivity contribution in [2.75, 3.05) is 7.11 Å². The number of esters is 1. The van der Waals surface area contributed by atoms with E-state index in [1.54, 1.807) is 0 Å². The molecule has 0 bridgehead atoms. The highest BCUT2D eigenvalue weighted by atomic mass is 19.3. The number of hydrogen-bond donors (Lipinski definition) is 0. The molecule has 0 unspecified atom stereocenters. The molecule has 0 aromatic heterocycles. The van der Waals surface area contributed by atoms with Gasteiger partial charge < -0.3 is 4.74 Å². The molecule has 0 saturated heterocycles. The van der Waals surface area contributed by atoms with Crippen LogP contribution in [0.15, 0.2) is 18.2 Å². The largest absolute Gasteiger partial charge is 0.465 e. The third-order valence-corrected chi connectivity index (χ3v) is 2.57. The third-order valence-electron chi connectivity index (χ3n) is 2.57. The smallest absolute Gasteiger partial charge is 0.337 e. The number of ether oxygens (including phenoxy) is 1. The molecule has 0 radical (unpaired) electrons. The number of rotatable bonds is 3. The van der Waals surface area contributed by atoms with Crippen LogP contribution < -0.4 is 0 Å². The maximum Gasteiger partial charge on any atom is 0.337 e. The first-order valence-electron chi connectivity index (χ1n) is 5.38. The monoisotopic (exact) mass is 242 g/mol. The quantitative estimate of drug-likeness (QED) is 0.755. The van der Waals surface area contributed by atoms with E-state index in [1.807, 2.05) is 13.8 Å². The van der Waals surface area contributed by atoms with Crippen LogP contribution in [0, 0.1) is 0 Å². The summed E-state index contributed by atoms with van der Waals surface area (Å²) >= 11 is 0. The van der Waals surface area contributed by atoms with Crippen molar-refractivity contribution in [3.05, 3.63) is 34.9 Å². The molecule has 0 N–H and O–H groups in total. The van der Waals surface area contributed by atoms with Crippen molar-refractivity contribution in [1.29, 1.82) is 0 Å². The van der Waals surface area contributed by atoms with Crippen LogP contribution in [0.2, 0.25) is 0 Å². The average molecular weight is 242 g/mol. The molecule has 1 aromatic carbocycles. The summed E-state index contributed by atoms with van der Waals surface area (Å²) in [7, 11) is 1.26. The number of halogens is 2. The van der Waals surface area contributed by atoms with Gasteiger partial charge in [0, 0.05) is 12.5 Å². The SMILES string of the molecule is COC(=O)c1ccc(C(C)(F)F)c(C(C)C)c1. The van der Waals surface area contributed by atoms with E-state index in [9.17, 15) is 13.6 Å². The van der Waals surface area contributed by atoms with Gasteiger partial charge in [0.2, 0.25) is 0 Å². The van der Waals surface area contributed by atoms with Crippen molar-refractivity contribution in [3.63, 3.8) is 0 Å². The van der Waals surface area contributed by atoms with Gasteiger partial charge in [-0.3, -0.25) is 0 Å². The lowest BCUT2D eigenvalue weighted by Gasteiger charge is -2.19. The van der Waals surface area contributed by atoms with Crippen LogP contribution in [0.1, 0.15) is 48.2 Å². The first kappa shape index (κ1) is 13.6. The molecule has 17 heavy (non-hydrogen) atoms. The van der Waals surface area contributed by atoms with Gasteiger partial charge in [-0.2, -0.15) is 0 Å². The minimum absolute atomic E-state index is 0.0415. The third kappa shape index (κ3) is 3.02. The van der Waals surface area contributed by atoms with Gasteiger partial charge in [0.1, 0.15) is 0 Å². The number of alkyl halides is 2. The highest BCUT2D eigenvalue weighted by Crippen LogP contribution is 2.34. The van der Waals surface area contributed by atoms with Crippen molar-refractivity contribution in [1.82, 2.24) is 0 Å². The molecule has 0 aliphatic heterocycles. The van der Waals surface area contributed by atoms with Gasteiger partial charge in [0.15, 0.2) is 0 Å². The fourth-order valence-electron chi connectivity index (χ4n) is 1.68. The second-order valence-corrected chi connectivity index (χ2v) is 4.34. The molecule has 0 saturated carbocycles. The predicted octanol–water partition coefficient (Wildman–Crippen LogP) is 3.71. The minimum atomic E-state index is -2.91. The van der Waals surface area contributed by atoms with E-state index in [2.05, 4.69) is 4.74 Å². The number of methoxy groups -OCH3 is 1. The molecule has 0 fully saturated rings. The highest BCUT2D eigenvalue weighted by Gasteiger charge is 2.28. The molecule has 0 aliphatic rings. The van der Waals surface area contributed by atoms with Crippen LogP contribution in [0.25, 0.3) is 0 Å². The molecule has 2 nitrogen and oxygen atoms in total. The van der Waals surface area contributed by atoms with E-state index in [0.717, 1.165) is 6.92 Å². The summed E-state index contributed by atoms with van der Waals surface area (Å²) in [5.74, 6) is -3.51. The normalized spacial score (nSPS) is 11.7. The lowest BCUT2D eigenvalue weighted by atomic mass is 9.92. The van der Waals surface area contributed by atoms with Crippen molar-refractivity contribution in [2.45, 2.75) is 32.6 Å². The lowest BCUT2D eigenvalue weighted by Crippen LogP contribution is -2.13. The van der Waals surface area contributed by atoms with E-state index in [0.29, 0.717) is 11.1 Å². The van der Waals surface area contributed by atoms with Crippen molar-refractivity contribution in [3.8, 4) is 0 Å². The van der Waals surface area contributed by atoms with Crippen LogP contribution in [0.5, 0.6) is 0 Å². The van der Waals surface area contributed by atoms with Crippen LogP contribution in [-0.2, 0) is 10.7 Å². The maximum absolute atomic E-state index is 13.4. The molecule has 0 spiro atoms. The minimum Gasteiger partial charge on any atom is -0.465 e. The molecule has 0 heterocycles. The molecule has 0 amide bonds. The molecule has 4 heteroatoms. The van der Waals surface area contributed by atoms with Gasteiger partial charge in [-0.15, -0.1) is 0 Å². The molecule has 94 valence electrons. The number of hydrogen-bond acceptors (Lipinski definition) is 2. The second-order valence-electron chi connectivity index (χ2n) is 4.34. The zero-order chi connectivity index (χ0) is 13.2. The van der Waals surface area contributed by atoms with E-state index >= 15 is 0 Å². The van der Waals surface area contributed by atoms with Crippen molar-refractivity contribution >= 4 is 5.97 Å². The molecular weight excluding hydrogens is 226 g/mol. The molecule has 1 aromatic rings. The Morgan fingerprint density at radius 1 is 1.35 bits per heavy atom. The van der Waals surface area contributed by atoms with Gasteiger partial charge >= 0.3 is 5.97 Å². The Kier molecular flexibility index (Phi) is 3.86. The Labute approximate surface area is 99.6 Å². The van der Waals surface area contributed by atoms with E-state index in [4.69, 9.17) is 0 Å². The average Bonchev–Trinajstić information content (AvgIpc) is 2.25. The summed E-state index contributed by atoms with van der Waals surface area (Å²) in [6, 6.07) is 4.13. The highest BCUT2D eigenvalue weighted by molar-refractivity contribution is 5.89. The predicted molar refractivity (Wildman–Crippen MR) is 61.4 cm³/mol. The Balaban J connectivity index is 3.32. The second kappa shape index (κ2) is 4.82. The fraction of sp³-hybridized carbons (Fsp3) is 0.462. The van der Waals surface area contributed by atoms with Gasteiger partial charge in [-0.1, -0.05) is 19.9 Å². The van der Waals surface area contributed by atoms with Crippen LogP contribution >= 0.6 is 0 Å². The number of carbonyl (C=O) groups excluding carboxylic acids is 1. The van der Waals surface area contributed by atoms with Gasteiger partial charge in [0.25, 0.3) is 5.92 Å². The zero-order valence-corrected chi connectivity index (χ0v) is 10.4. The number of carbonyl (C=O) groups is 1. The summed E-state index contributed by atoms with van der Waals surface area (Å²) in [5.41, 5.74) is 0.727. The lowest BCUT2D eigenvalue weighted by molar-refractivity contribution is 0.0162. The van der Waals surface area contributed by atoms with Crippen molar-refractivity contribution < 1.29 is 18.3 Å². The topological polar surface area (TPSA) is 26.3 Å². The van der Waals surface area contributed by atoms with Crippen LogP contribution in [-0.4, -0.2) is 13.1 Å². The Morgan fingerprint density at radius 2 is 1.94 bits per heavy atom. The summed E-state index contributed by atoms with van der Waals surface area (Å²) in [6.45, 7) is 4.48. The van der Waals surface area contributed by atoms with E-state index in [1.165, 1.54) is 25.3 Å². The van der Waals surface area contributed by atoms with E-state index in [-0.39, 0.29) is 11.5 Å². The van der Waals surface area contributed by atoms with Gasteiger partial charge in [0.05, 0.1) is 12.7 Å². The van der Waals surface area contributed by atoms with Gasteiger partial charge in [-0.05, 0) is 23.6 Å². The molecule has 0 atom stereocenters. The van der Waals surface area contributed by atoms with Crippen LogP contribution in [0.3, 0.4) is 0 Å². The molecule has 1 rings (SSSR count). The fourth-order valence-corrected chi connectivity index (χ4v) is 1.68. The standard InChI is InChI=1S/C13H16F2O2/c1-8(2)10-7-9(12(16)17-4)5-6-11(10)13(3,14)15/h5-8H,1-4H3. The summed E-state index contributed by atoms with van der Waals surface area (Å²) in [4.78, 5) is 11.3. The summed E-state index contributed by atoms with van der Waals surface area (Å²) in [5, 5.41) is 0. The van der Waals surface area contributed by atoms with Crippen molar-refractivity contribution in [2.24, 2.45) is 0 Å². The van der Waals surface area contributed by atoms with E-state index < -0.39 is 11.9 Å². The first-order chi connectivity index (χ1) is 7.77. The Hall–Kier alpha value is -1.45. The van der Waals surface area contributed by atoms with Crippen LogP contribution in [0.4, 0.5) is 8.78 Å². The van der Waals surface area contributed by atoms with Gasteiger partial charge in [-0.25, -0.2) is 13.6 Å². The first-order valence-corrected chi connectivity index (χ1v) is 5.38. The molecular formula is C13H16F2O2. The Morgan fingerprint density at radius 3 is 2.35 bits per heavy atom. The Bertz CT molecular complexity index is 420. The summed E-state index contributed by atoms with van der Waals surface area (Å²) in [6.07, 6.45) is 0.